The van der Waals surface area contributed by atoms with Crippen LogP contribution in [0.4, 0.5) is 11.5 Å². The molecule has 0 saturated carbocycles. The van der Waals surface area contributed by atoms with E-state index in [0.717, 1.165) is 57.8 Å². The topological polar surface area (TPSA) is 95.7 Å². The molecule has 1 saturated heterocycles. The SMILES string of the molecule is Cc1ccc(-c2cn3nc(N/N=C/c4c[nH]c5ccccc45)cc(N4CCOCC4)c3n2)cn1. The Balaban J connectivity index is 1.36. The number of anilines is 2. The van der Waals surface area contributed by atoms with Crippen LogP contribution in [0.5, 0.6) is 0 Å². The van der Waals surface area contributed by atoms with Crippen LogP contribution in [0.1, 0.15) is 11.3 Å². The lowest BCUT2D eigenvalue weighted by Crippen LogP contribution is -2.36. The minimum absolute atomic E-state index is 0.635. The summed E-state index contributed by atoms with van der Waals surface area (Å²) in [6.07, 6.45) is 7.52. The molecule has 0 aliphatic carbocycles. The molecule has 1 aliphatic rings. The van der Waals surface area contributed by atoms with Crippen molar-refractivity contribution in [3.8, 4) is 11.3 Å². The van der Waals surface area contributed by atoms with Crippen molar-refractivity contribution in [3.05, 3.63) is 72.3 Å². The molecule has 170 valence electrons. The number of imidazole rings is 1. The first kappa shape index (κ1) is 20.4. The number of hydrogen-bond acceptors (Lipinski definition) is 7. The number of aromatic nitrogens is 5. The number of H-pyrrole nitrogens is 1. The number of aromatic amines is 1. The predicted molar refractivity (Wildman–Crippen MR) is 134 cm³/mol. The maximum Gasteiger partial charge on any atom is 0.177 e. The minimum atomic E-state index is 0.635. The van der Waals surface area contributed by atoms with Gasteiger partial charge in [0.05, 0.1) is 37.0 Å². The lowest BCUT2D eigenvalue weighted by atomic mass is 10.2. The van der Waals surface area contributed by atoms with Gasteiger partial charge in [0.1, 0.15) is 0 Å². The number of rotatable bonds is 5. The Hall–Kier alpha value is -4.24. The molecular formula is C25H24N8O. The van der Waals surface area contributed by atoms with Gasteiger partial charge < -0.3 is 14.6 Å². The maximum atomic E-state index is 5.56. The van der Waals surface area contributed by atoms with E-state index in [4.69, 9.17) is 14.8 Å². The van der Waals surface area contributed by atoms with Crippen molar-refractivity contribution in [1.29, 1.82) is 0 Å². The first-order chi connectivity index (χ1) is 16.7. The number of aryl methyl sites for hydroxylation is 1. The molecule has 1 aliphatic heterocycles. The van der Waals surface area contributed by atoms with E-state index in [0.29, 0.717) is 19.0 Å². The number of nitrogens with zero attached hydrogens (tertiary/aromatic N) is 6. The van der Waals surface area contributed by atoms with Crippen LogP contribution in [0.3, 0.4) is 0 Å². The molecule has 0 atom stereocenters. The molecule has 0 bridgehead atoms. The largest absolute Gasteiger partial charge is 0.378 e. The molecule has 4 aromatic heterocycles. The van der Waals surface area contributed by atoms with Crippen molar-refractivity contribution in [2.75, 3.05) is 36.6 Å². The van der Waals surface area contributed by atoms with Gasteiger partial charge in [-0.3, -0.25) is 10.4 Å². The second kappa shape index (κ2) is 8.60. The van der Waals surface area contributed by atoms with E-state index >= 15 is 0 Å². The fourth-order valence-corrected chi connectivity index (χ4v) is 4.18. The first-order valence-corrected chi connectivity index (χ1v) is 11.3. The third kappa shape index (κ3) is 3.86. The number of fused-ring (bicyclic) bond motifs is 2. The molecule has 2 N–H and O–H groups in total. The van der Waals surface area contributed by atoms with E-state index < -0.39 is 0 Å². The van der Waals surface area contributed by atoms with Crippen LogP contribution in [0.2, 0.25) is 0 Å². The van der Waals surface area contributed by atoms with E-state index in [1.807, 2.05) is 66.4 Å². The van der Waals surface area contributed by atoms with E-state index in [9.17, 15) is 0 Å². The third-order valence-electron chi connectivity index (χ3n) is 5.97. The van der Waals surface area contributed by atoms with Crippen LogP contribution in [0.15, 0.2) is 66.2 Å². The Morgan fingerprint density at radius 1 is 1.15 bits per heavy atom. The normalized spacial score (nSPS) is 14.4. The summed E-state index contributed by atoms with van der Waals surface area (Å²) in [6, 6.07) is 14.2. The van der Waals surface area contributed by atoms with Crippen LogP contribution < -0.4 is 10.3 Å². The highest BCUT2D eigenvalue weighted by atomic mass is 16.5. The van der Waals surface area contributed by atoms with Crippen LogP contribution in [-0.4, -0.2) is 57.1 Å². The van der Waals surface area contributed by atoms with Crippen molar-refractivity contribution >= 4 is 34.3 Å². The zero-order valence-corrected chi connectivity index (χ0v) is 18.8. The number of benzene rings is 1. The molecule has 5 heterocycles. The number of para-hydroxylation sites is 1. The summed E-state index contributed by atoms with van der Waals surface area (Å²) in [4.78, 5) is 14.8. The molecule has 9 heteroatoms. The van der Waals surface area contributed by atoms with Crippen LogP contribution >= 0.6 is 0 Å². The zero-order valence-electron chi connectivity index (χ0n) is 18.8. The summed E-state index contributed by atoms with van der Waals surface area (Å²) < 4.78 is 7.36. The minimum Gasteiger partial charge on any atom is -0.378 e. The Kier molecular flexibility index (Phi) is 5.15. The fraction of sp³-hybridized carbons (Fsp3) is 0.200. The van der Waals surface area contributed by atoms with Crippen molar-refractivity contribution in [2.24, 2.45) is 5.10 Å². The lowest BCUT2D eigenvalue weighted by molar-refractivity contribution is 0.123. The maximum absolute atomic E-state index is 5.56. The molecule has 0 spiro atoms. The number of pyridine rings is 1. The number of nitrogens with one attached hydrogen (secondary N) is 2. The first-order valence-electron chi connectivity index (χ1n) is 11.3. The van der Waals surface area contributed by atoms with E-state index in [1.165, 1.54) is 0 Å². The van der Waals surface area contributed by atoms with Gasteiger partial charge in [0.2, 0.25) is 0 Å². The second-order valence-corrected chi connectivity index (χ2v) is 8.26. The van der Waals surface area contributed by atoms with Gasteiger partial charge in [0, 0.05) is 59.3 Å². The van der Waals surface area contributed by atoms with Gasteiger partial charge in [-0.25, -0.2) is 9.50 Å². The molecule has 5 aromatic rings. The summed E-state index contributed by atoms with van der Waals surface area (Å²) in [6.45, 7) is 4.94. The highest BCUT2D eigenvalue weighted by Gasteiger charge is 2.19. The average Bonchev–Trinajstić information content (AvgIpc) is 3.49. The van der Waals surface area contributed by atoms with Gasteiger partial charge in [-0.05, 0) is 25.1 Å². The van der Waals surface area contributed by atoms with Gasteiger partial charge >= 0.3 is 0 Å². The molecule has 1 aromatic carbocycles. The predicted octanol–water partition coefficient (Wildman–Crippen LogP) is 3.86. The van der Waals surface area contributed by atoms with Gasteiger partial charge in [0.15, 0.2) is 11.5 Å². The number of ether oxygens (including phenoxy) is 1. The van der Waals surface area contributed by atoms with Crippen molar-refractivity contribution in [1.82, 2.24) is 24.6 Å². The van der Waals surface area contributed by atoms with Crippen molar-refractivity contribution in [2.45, 2.75) is 6.92 Å². The Labute approximate surface area is 196 Å². The standard InChI is InChI=1S/C25H24N8O/c1-17-6-7-18(13-26-17)22-16-33-25(29-22)23(32-8-10-34-11-9-32)12-24(31-33)30-28-15-19-14-27-21-5-3-2-4-20(19)21/h2-7,12-16,27H,8-11H2,1H3,(H,30,31)/b28-15+. The smallest absolute Gasteiger partial charge is 0.177 e. The average molecular weight is 453 g/mol. The second-order valence-electron chi connectivity index (χ2n) is 8.26. The van der Waals surface area contributed by atoms with E-state index in [1.54, 1.807) is 6.21 Å². The van der Waals surface area contributed by atoms with Crippen molar-refractivity contribution < 1.29 is 4.74 Å². The monoisotopic (exact) mass is 452 g/mol. The molecule has 0 radical (unpaired) electrons. The van der Waals surface area contributed by atoms with Crippen LogP contribution in [0.25, 0.3) is 27.8 Å². The zero-order chi connectivity index (χ0) is 22.9. The summed E-state index contributed by atoms with van der Waals surface area (Å²) in [5.41, 5.74) is 9.73. The Morgan fingerprint density at radius 3 is 2.88 bits per heavy atom. The van der Waals surface area contributed by atoms with Gasteiger partial charge in [-0.2, -0.15) is 5.10 Å². The molecule has 9 nitrogen and oxygen atoms in total. The summed E-state index contributed by atoms with van der Waals surface area (Å²) in [7, 11) is 0. The molecule has 0 unspecified atom stereocenters. The van der Waals surface area contributed by atoms with Crippen LogP contribution in [-0.2, 0) is 4.74 Å². The van der Waals surface area contributed by atoms with Crippen molar-refractivity contribution in [3.63, 3.8) is 0 Å². The molecule has 1 fully saturated rings. The Bertz CT molecular complexity index is 1480. The fourth-order valence-electron chi connectivity index (χ4n) is 4.18. The van der Waals surface area contributed by atoms with Gasteiger partial charge in [-0.15, -0.1) is 5.10 Å². The van der Waals surface area contributed by atoms with E-state index in [-0.39, 0.29) is 0 Å². The summed E-state index contributed by atoms with van der Waals surface area (Å²) in [5, 5.41) is 10.3. The third-order valence-corrected chi connectivity index (χ3v) is 5.97. The summed E-state index contributed by atoms with van der Waals surface area (Å²) >= 11 is 0. The molecule has 6 rings (SSSR count). The number of hydrogen-bond donors (Lipinski definition) is 2. The number of hydrazone groups is 1. The molecule has 34 heavy (non-hydrogen) atoms. The molecular weight excluding hydrogens is 428 g/mol. The lowest BCUT2D eigenvalue weighted by Gasteiger charge is -2.29. The molecule has 0 amide bonds. The highest BCUT2D eigenvalue weighted by molar-refractivity contribution is 5.99. The quantitative estimate of drug-likeness (QED) is 0.311. The Morgan fingerprint density at radius 2 is 2.03 bits per heavy atom. The van der Waals surface area contributed by atoms with Gasteiger partial charge in [0.25, 0.3) is 0 Å². The van der Waals surface area contributed by atoms with Gasteiger partial charge in [-0.1, -0.05) is 18.2 Å². The van der Waals surface area contributed by atoms with E-state index in [2.05, 4.69) is 31.5 Å². The van der Waals surface area contributed by atoms with Crippen LogP contribution in [0, 0.1) is 6.92 Å². The summed E-state index contributed by atoms with van der Waals surface area (Å²) in [5.74, 6) is 0.635. The number of morpholine rings is 1. The highest BCUT2D eigenvalue weighted by Crippen LogP contribution is 2.28.